The van der Waals surface area contributed by atoms with Crippen LogP contribution in [0.3, 0.4) is 0 Å². The van der Waals surface area contributed by atoms with Crippen molar-refractivity contribution in [1.82, 2.24) is 10.5 Å². The highest BCUT2D eigenvalue weighted by atomic mass is 16.5. The van der Waals surface area contributed by atoms with Gasteiger partial charge in [-0.1, -0.05) is 0 Å². The van der Waals surface area contributed by atoms with Gasteiger partial charge in [0, 0.05) is 0 Å². The molecule has 1 heterocycles. The summed E-state index contributed by atoms with van der Waals surface area (Å²) < 4.78 is 5.33. The monoisotopic (exact) mass is 196 g/mol. The number of hydrogen-bond donors (Lipinski definition) is 2. The zero-order valence-corrected chi connectivity index (χ0v) is 8.02. The molecule has 0 radical (unpaired) electrons. The third-order valence-corrected chi connectivity index (χ3v) is 1.44. The molecule has 0 aliphatic carbocycles. The van der Waals surface area contributed by atoms with E-state index in [-0.39, 0.29) is 11.8 Å². The van der Waals surface area contributed by atoms with Crippen molar-refractivity contribution in [3.8, 4) is 5.75 Å². The van der Waals surface area contributed by atoms with Gasteiger partial charge in [0.15, 0.2) is 0 Å². The van der Waals surface area contributed by atoms with Gasteiger partial charge in [-0.05, 0) is 26.0 Å². The molecule has 0 saturated carbocycles. The van der Waals surface area contributed by atoms with Gasteiger partial charge in [-0.2, -0.15) is 0 Å². The van der Waals surface area contributed by atoms with E-state index in [4.69, 9.17) is 9.94 Å². The lowest BCUT2D eigenvalue weighted by atomic mass is 10.3. The summed E-state index contributed by atoms with van der Waals surface area (Å²) in [6.45, 7) is 3.79. The minimum absolute atomic E-state index is 0.0642. The molecule has 0 spiro atoms. The summed E-state index contributed by atoms with van der Waals surface area (Å²) in [6.07, 6.45) is 1.50. The fourth-order valence-electron chi connectivity index (χ4n) is 0.914. The highest BCUT2D eigenvalue weighted by Crippen LogP contribution is 2.10. The normalized spacial score (nSPS) is 10.0. The molecule has 1 rings (SSSR count). The topological polar surface area (TPSA) is 71.5 Å². The molecule has 0 bridgehead atoms. The summed E-state index contributed by atoms with van der Waals surface area (Å²) >= 11 is 0. The Labute approximate surface area is 81.7 Å². The Balaban J connectivity index is 2.73. The number of carbonyl (C=O) groups is 1. The zero-order valence-electron chi connectivity index (χ0n) is 8.02. The third kappa shape index (κ3) is 2.70. The lowest BCUT2D eigenvalue weighted by Crippen LogP contribution is -2.19. The first kappa shape index (κ1) is 10.5. The highest BCUT2D eigenvalue weighted by molar-refractivity contribution is 5.91. The molecule has 1 aromatic heterocycles. The largest absolute Gasteiger partial charge is 0.489 e. The van der Waals surface area contributed by atoms with E-state index in [9.17, 15) is 4.79 Å². The zero-order chi connectivity index (χ0) is 10.6. The van der Waals surface area contributed by atoms with Crippen molar-refractivity contribution in [2.45, 2.75) is 20.0 Å². The van der Waals surface area contributed by atoms with Crippen LogP contribution in [0.25, 0.3) is 0 Å². The van der Waals surface area contributed by atoms with Gasteiger partial charge in [0.25, 0.3) is 5.91 Å². The number of pyridine rings is 1. The van der Waals surface area contributed by atoms with Gasteiger partial charge < -0.3 is 4.74 Å². The summed E-state index contributed by atoms with van der Waals surface area (Å²) in [7, 11) is 0. The summed E-state index contributed by atoms with van der Waals surface area (Å²) in [4.78, 5) is 14.7. The Morgan fingerprint density at radius 3 is 2.71 bits per heavy atom. The second-order valence-corrected chi connectivity index (χ2v) is 2.99. The Hall–Kier alpha value is -1.62. The second kappa shape index (κ2) is 4.57. The van der Waals surface area contributed by atoms with Crippen molar-refractivity contribution in [2.24, 2.45) is 0 Å². The van der Waals surface area contributed by atoms with Gasteiger partial charge in [0.2, 0.25) is 0 Å². The maximum Gasteiger partial charge on any atom is 0.293 e. The van der Waals surface area contributed by atoms with Crippen molar-refractivity contribution in [1.29, 1.82) is 0 Å². The fraction of sp³-hybridized carbons (Fsp3) is 0.333. The van der Waals surface area contributed by atoms with E-state index in [0.717, 1.165) is 0 Å². The van der Waals surface area contributed by atoms with Crippen LogP contribution < -0.4 is 10.2 Å². The molecular weight excluding hydrogens is 184 g/mol. The van der Waals surface area contributed by atoms with Crippen molar-refractivity contribution < 1.29 is 14.7 Å². The lowest BCUT2D eigenvalue weighted by molar-refractivity contribution is 0.0700. The molecular formula is C9H12N2O3. The molecule has 0 unspecified atom stereocenters. The van der Waals surface area contributed by atoms with E-state index in [1.807, 2.05) is 13.8 Å². The first-order valence-electron chi connectivity index (χ1n) is 4.20. The average Bonchev–Trinajstić information content (AvgIpc) is 2.17. The Kier molecular flexibility index (Phi) is 3.41. The summed E-state index contributed by atoms with van der Waals surface area (Å²) in [6, 6.07) is 3.10. The van der Waals surface area contributed by atoms with Gasteiger partial charge in [0.1, 0.15) is 11.4 Å². The molecule has 5 heteroatoms. The van der Waals surface area contributed by atoms with Gasteiger partial charge >= 0.3 is 0 Å². The van der Waals surface area contributed by atoms with Crippen LogP contribution in [0.2, 0.25) is 0 Å². The first-order chi connectivity index (χ1) is 6.63. The van der Waals surface area contributed by atoms with Gasteiger partial charge in [-0.25, -0.2) is 10.5 Å². The quantitative estimate of drug-likeness (QED) is 0.558. The molecule has 0 atom stereocenters. The maximum absolute atomic E-state index is 10.9. The molecule has 1 aromatic rings. The van der Waals surface area contributed by atoms with Crippen molar-refractivity contribution in [3.63, 3.8) is 0 Å². The maximum atomic E-state index is 10.9. The molecule has 0 aliphatic heterocycles. The minimum atomic E-state index is -0.638. The van der Waals surface area contributed by atoms with Crippen molar-refractivity contribution in [3.05, 3.63) is 24.0 Å². The van der Waals surface area contributed by atoms with Crippen molar-refractivity contribution in [2.75, 3.05) is 0 Å². The van der Waals surface area contributed by atoms with E-state index >= 15 is 0 Å². The van der Waals surface area contributed by atoms with E-state index in [0.29, 0.717) is 5.75 Å². The molecule has 0 aliphatic rings. The number of hydroxylamine groups is 1. The molecule has 0 aromatic carbocycles. The number of amides is 1. The predicted octanol–water partition coefficient (Wildman–Crippen LogP) is 0.988. The minimum Gasteiger partial charge on any atom is -0.489 e. The Morgan fingerprint density at radius 1 is 1.57 bits per heavy atom. The van der Waals surface area contributed by atoms with Crippen LogP contribution in [-0.2, 0) is 0 Å². The molecule has 76 valence electrons. The number of hydrogen-bond acceptors (Lipinski definition) is 4. The van der Waals surface area contributed by atoms with E-state index in [1.54, 1.807) is 6.07 Å². The molecule has 14 heavy (non-hydrogen) atoms. The molecule has 0 saturated heterocycles. The standard InChI is InChI=1S/C9H12N2O3/c1-6(2)14-7-3-4-8(10-5-7)9(12)11-13/h3-6,13H,1-2H3,(H,11,12). The van der Waals surface area contributed by atoms with Crippen LogP contribution in [0.1, 0.15) is 24.3 Å². The van der Waals surface area contributed by atoms with E-state index in [1.165, 1.54) is 17.7 Å². The van der Waals surface area contributed by atoms with Crippen LogP contribution in [0.5, 0.6) is 5.75 Å². The van der Waals surface area contributed by atoms with Gasteiger partial charge in [-0.3, -0.25) is 10.0 Å². The van der Waals surface area contributed by atoms with E-state index < -0.39 is 5.91 Å². The molecule has 0 fully saturated rings. The predicted molar refractivity (Wildman–Crippen MR) is 49.3 cm³/mol. The van der Waals surface area contributed by atoms with Crippen LogP contribution >= 0.6 is 0 Å². The number of nitrogens with one attached hydrogen (secondary N) is 1. The number of nitrogens with zero attached hydrogens (tertiary/aromatic N) is 1. The summed E-state index contributed by atoms with van der Waals surface area (Å²) in [5.41, 5.74) is 1.64. The van der Waals surface area contributed by atoms with E-state index in [2.05, 4.69) is 4.98 Å². The lowest BCUT2D eigenvalue weighted by Gasteiger charge is -2.08. The Bertz CT molecular complexity index is 308. The van der Waals surface area contributed by atoms with Gasteiger partial charge in [-0.15, -0.1) is 0 Å². The first-order valence-corrected chi connectivity index (χ1v) is 4.20. The smallest absolute Gasteiger partial charge is 0.293 e. The van der Waals surface area contributed by atoms with Crippen molar-refractivity contribution >= 4 is 5.91 Å². The number of rotatable bonds is 3. The number of carbonyl (C=O) groups excluding carboxylic acids is 1. The van der Waals surface area contributed by atoms with Crippen LogP contribution in [0, 0.1) is 0 Å². The SMILES string of the molecule is CC(C)Oc1ccc(C(=O)NO)nc1. The van der Waals surface area contributed by atoms with Crippen LogP contribution in [0.15, 0.2) is 18.3 Å². The highest BCUT2D eigenvalue weighted by Gasteiger charge is 2.05. The average molecular weight is 196 g/mol. The molecule has 1 amide bonds. The number of aromatic nitrogens is 1. The Morgan fingerprint density at radius 2 is 2.29 bits per heavy atom. The molecule has 5 nitrogen and oxygen atoms in total. The van der Waals surface area contributed by atoms with Gasteiger partial charge in [0.05, 0.1) is 12.3 Å². The molecule has 2 N–H and O–H groups in total. The summed E-state index contributed by atoms with van der Waals surface area (Å²) in [5, 5.41) is 8.33. The van der Waals surface area contributed by atoms with Crippen LogP contribution in [0.4, 0.5) is 0 Å². The second-order valence-electron chi connectivity index (χ2n) is 2.99. The number of ether oxygens (including phenoxy) is 1. The van der Waals surface area contributed by atoms with Crippen LogP contribution in [-0.4, -0.2) is 22.2 Å². The fourth-order valence-corrected chi connectivity index (χ4v) is 0.914. The summed E-state index contributed by atoms with van der Waals surface area (Å²) in [5.74, 6) is -0.0458. The third-order valence-electron chi connectivity index (χ3n) is 1.44.